The number of dihydropyridines is 1. The zero-order chi connectivity index (χ0) is 61.2. The minimum Gasteiger partial charge on any atom is -0.507 e. The van der Waals surface area contributed by atoms with Crippen molar-refractivity contribution >= 4 is 29.2 Å². The van der Waals surface area contributed by atoms with Crippen LogP contribution in [-0.4, -0.2) is 174 Å². The summed E-state index contributed by atoms with van der Waals surface area (Å²) in [5.41, 5.74) is -9.26. The molecule has 454 valence electrons. The Hall–Kier alpha value is -7.60. The van der Waals surface area contributed by atoms with Crippen LogP contribution in [0.5, 0.6) is 23.0 Å². The van der Waals surface area contributed by atoms with Gasteiger partial charge in [0.15, 0.2) is 29.1 Å². The lowest BCUT2D eigenvalue weighted by Gasteiger charge is -2.58. The number of phenols is 3. The van der Waals surface area contributed by atoms with Gasteiger partial charge in [-0.05, 0) is 79.2 Å². The van der Waals surface area contributed by atoms with E-state index in [1.165, 1.54) is 18.2 Å². The summed E-state index contributed by atoms with van der Waals surface area (Å²) in [6, 6.07) is 6.46. The summed E-state index contributed by atoms with van der Waals surface area (Å²) in [5, 5.41) is 159. The van der Waals surface area contributed by atoms with Gasteiger partial charge in [-0.3, -0.25) is 10.1 Å². The van der Waals surface area contributed by atoms with E-state index in [0.717, 1.165) is 43.4 Å². The van der Waals surface area contributed by atoms with E-state index in [2.05, 4.69) is 39.3 Å². The number of rotatable bonds is 11. The smallest absolute Gasteiger partial charge is 0.354 e. The van der Waals surface area contributed by atoms with E-state index >= 15 is 4.79 Å². The second-order valence-electron chi connectivity index (χ2n) is 23.4. The van der Waals surface area contributed by atoms with Gasteiger partial charge in [-0.1, -0.05) is 43.3 Å². The van der Waals surface area contributed by atoms with Crippen LogP contribution in [0.4, 0.5) is 0 Å². The predicted octanol–water partition coefficient (Wildman–Crippen LogP) is -0.0695. The van der Waals surface area contributed by atoms with Crippen molar-refractivity contribution < 1.29 is 104 Å². The number of piperidine rings is 1. The number of phenolic OH excluding ortho intramolecular Hbond substituents is 3. The third-order valence-electron chi connectivity index (χ3n) is 18.5. The highest BCUT2D eigenvalue weighted by Gasteiger charge is 2.78. The average molecular weight is 1190 g/mol. The first kappa shape index (κ1) is 58.8. The highest BCUT2D eigenvalue weighted by atomic mass is 16.8. The number of H-pyrrole nitrogens is 1. The Morgan fingerprint density at radius 1 is 0.930 bits per heavy atom. The van der Waals surface area contributed by atoms with Crippen molar-refractivity contribution in [2.45, 2.75) is 154 Å². The molecule has 25 heteroatoms. The Labute approximate surface area is 488 Å². The quantitative estimate of drug-likeness (QED) is 0.0233. The number of aromatic hydroxyl groups is 3. The van der Waals surface area contributed by atoms with Crippen LogP contribution >= 0.6 is 0 Å². The van der Waals surface area contributed by atoms with Crippen molar-refractivity contribution in [3.63, 3.8) is 0 Å². The molecule has 4 fully saturated rings. The van der Waals surface area contributed by atoms with Crippen molar-refractivity contribution in [2.24, 2.45) is 11.8 Å². The summed E-state index contributed by atoms with van der Waals surface area (Å²) in [6.45, 7) is 0.491. The zero-order valence-electron chi connectivity index (χ0n) is 46.1. The molecule has 1 saturated carbocycles. The van der Waals surface area contributed by atoms with Crippen molar-refractivity contribution in [3.8, 4) is 58.0 Å². The van der Waals surface area contributed by atoms with Gasteiger partial charge < -0.3 is 105 Å². The molecule has 2 aromatic carbocycles. The maximum atomic E-state index is 16.1. The second-order valence-corrected chi connectivity index (χ2v) is 23.4. The maximum Gasteiger partial charge on any atom is 0.354 e. The van der Waals surface area contributed by atoms with E-state index in [4.69, 9.17) is 23.4 Å². The number of aldehydes is 1. The van der Waals surface area contributed by atoms with Crippen LogP contribution < -0.4 is 20.8 Å². The number of benzene rings is 2. The molecule has 7 aliphatic heterocycles. The Kier molecular flexibility index (Phi) is 14.4. The van der Waals surface area contributed by atoms with Gasteiger partial charge in [0.2, 0.25) is 17.2 Å². The number of esters is 1. The van der Waals surface area contributed by atoms with Gasteiger partial charge in [-0.2, -0.15) is 0 Å². The van der Waals surface area contributed by atoms with Gasteiger partial charge in [-0.15, -0.1) is 0 Å². The zero-order valence-corrected chi connectivity index (χ0v) is 46.1. The third-order valence-corrected chi connectivity index (χ3v) is 18.5. The van der Waals surface area contributed by atoms with E-state index in [1.54, 1.807) is 12.3 Å². The van der Waals surface area contributed by atoms with Crippen molar-refractivity contribution in [2.75, 3.05) is 13.2 Å². The van der Waals surface area contributed by atoms with Crippen LogP contribution in [0.15, 0.2) is 80.3 Å². The Balaban J connectivity index is 1.15. The molecule has 2 aromatic heterocycles. The van der Waals surface area contributed by atoms with E-state index in [0.29, 0.717) is 29.7 Å². The molecule has 0 radical (unpaired) electrons. The second kappa shape index (κ2) is 21.1. The fourth-order valence-corrected chi connectivity index (χ4v) is 14.0. The summed E-state index contributed by atoms with van der Waals surface area (Å²) >= 11 is 0. The first-order valence-electron chi connectivity index (χ1n) is 28.3. The fourth-order valence-electron chi connectivity index (χ4n) is 14.0. The highest BCUT2D eigenvalue weighted by Crippen LogP contribution is 2.58. The van der Waals surface area contributed by atoms with Crippen LogP contribution in [0.3, 0.4) is 0 Å². The van der Waals surface area contributed by atoms with Crippen LogP contribution in [-0.2, 0) is 41.4 Å². The summed E-state index contributed by atoms with van der Waals surface area (Å²) < 4.78 is 32.4. The number of aliphatic hydroxyl groups excluding tert-OH is 6. The largest absolute Gasteiger partial charge is 0.507 e. The molecule has 86 heavy (non-hydrogen) atoms. The minimum absolute atomic E-state index is 0.0315. The molecule has 16 N–H and O–H groups in total. The van der Waals surface area contributed by atoms with Crippen LogP contribution in [0.25, 0.3) is 22.3 Å². The lowest BCUT2D eigenvalue weighted by atomic mass is 9.67. The molecule has 0 amide bonds. The van der Waals surface area contributed by atoms with Crippen LogP contribution in [0.2, 0.25) is 0 Å². The Morgan fingerprint density at radius 2 is 1.72 bits per heavy atom. The maximum absolute atomic E-state index is 16.1. The molecule has 3 saturated heterocycles. The number of aliphatic carboxylic acids is 1. The molecular weight excluding hydrogens is 1130 g/mol. The molecule has 13 rings (SSSR count). The van der Waals surface area contributed by atoms with Gasteiger partial charge >= 0.3 is 11.9 Å². The number of ether oxygens (including phenoxy) is 4. The predicted molar refractivity (Wildman–Crippen MR) is 294 cm³/mol. The van der Waals surface area contributed by atoms with Crippen LogP contribution in [0, 0.1) is 35.5 Å². The van der Waals surface area contributed by atoms with Crippen molar-refractivity contribution in [1.82, 2.24) is 15.6 Å². The van der Waals surface area contributed by atoms with E-state index in [9.17, 15) is 80.8 Å². The number of carbonyl (C=O) groups is 3. The monoisotopic (exact) mass is 1190 g/mol. The number of aromatic nitrogens is 1. The molecule has 2 aliphatic carbocycles. The van der Waals surface area contributed by atoms with Gasteiger partial charge in [0.1, 0.15) is 52.3 Å². The van der Waals surface area contributed by atoms with Crippen molar-refractivity contribution in [3.05, 3.63) is 104 Å². The summed E-state index contributed by atoms with van der Waals surface area (Å²) in [5.74, 6) is -9.91. The number of carbonyl (C=O) groups excluding carboxylic acids is 2. The molecule has 14 atom stereocenters. The molecule has 4 aromatic rings. The summed E-state index contributed by atoms with van der Waals surface area (Å²) in [4.78, 5) is 59.5. The Morgan fingerprint density at radius 3 is 2.45 bits per heavy atom. The van der Waals surface area contributed by atoms with E-state index in [-0.39, 0.29) is 58.1 Å². The fraction of sp³-hybridized carbons (Fsp3) is 0.475. The van der Waals surface area contributed by atoms with E-state index < -0.39 is 167 Å². The number of aromatic amines is 1. The topological polar surface area (TPSA) is 421 Å². The SMILES string of the molecule is CCC1=C(C2C=C3Cc4[nH]ccc4C#CCC4(O)C(O)C(O)C3(Oc3cc5oc(-c6cc(O)c(O)c(CCO)c6)cc(=O)c5c(O)c32)OC42CC#CC3(C(=O)O)OC(CC(CO)CC=O)(OC2=O)C(O)C(O)C3(O)O)C=C2C3CCCC(C3)NC2N1. The van der Waals surface area contributed by atoms with Gasteiger partial charge in [0.05, 0.1) is 12.6 Å². The third kappa shape index (κ3) is 8.63. The first-order chi connectivity index (χ1) is 40.9. The normalized spacial score (nSPS) is 34.3. The number of carboxylic acids is 1. The van der Waals surface area contributed by atoms with Crippen molar-refractivity contribution in [1.29, 1.82) is 0 Å². The molecular formula is C61H63N3O22. The summed E-state index contributed by atoms with van der Waals surface area (Å²) in [6.07, 6.45) is -6.86. The lowest BCUT2D eigenvalue weighted by Crippen LogP contribution is -2.81. The molecule has 6 bridgehead atoms. The molecule has 9 aliphatic rings. The average Bonchev–Trinajstić information content (AvgIpc) is 1.23. The van der Waals surface area contributed by atoms with Gasteiger partial charge in [-0.25, -0.2) is 9.59 Å². The Bertz CT molecular complexity index is 3810. The first-order valence-corrected chi connectivity index (χ1v) is 28.3. The standard InChI is InChI=1S/C61H63N3O22/c1-2-38-36(23-35-30-6-3-8-34(19-30)63-53(35)64-38)37-21-33-22-39-29(9-15-62-39)7-4-12-56(79)49(72)51(74)60(33,83-44-25-43-46(48(71)45(37)44)40(68)24-42(82-43)32-18-31(11-17-66)47(70)41(69)20-32)86-58(56)14-5-13-57(54(76)77)61(80,81)52(75)50(73)59(85-57,84-55(58)78)26-28(27-67)10-16-65/h9,15-16,18,20-21,23-25,28,30,34,37,49-53,62-64,66-67,69-75,79-81H,2-3,6,8,10-12,14,17,19,22,26-27H2,1H3,(H,76,77). The number of allylic oxidation sites excluding steroid dienone is 4. The number of fused-ring (bicyclic) bond motifs is 10. The van der Waals surface area contributed by atoms with Gasteiger partial charge in [0, 0.05) is 108 Å². The molecule has 25 nitrogen and oxygen atoms in total. The minimum atomic E-state index is -4.07. The summed E-state index contributed by atoms with van der Waals surface area (Å²) in [7, 11) is 0. The van der Waals surface area contributed by atoms with Gasteiger partial charge in [0.25, 0.3) is 11.4 Å². The number of hydrogen-bond donors (Lipinski definition) is 16. The molecule has 14 unspecified atom stereocenters. The number of carboxylic acid groups (broad SMARTS) is 1. The number of hydrogen-bond acceptors (Lipinski definition) is 23. The lowest BCUT2D eigenvalue weighted by molar-refractivity contribution is -0.434. The van der Waals surface area contributed by atoms with E-state index in [1.807, 2.05) is 13.0 Å². The molecule has 2 spiro atoms. The number of nitrogens with one attached hydrogen (secondary N) is 3. The molecule has 9 heterocycles. The highest BCUT2D eigenvalue weighted by molar-refractivity contribution is 5.90. The van der Waals surface area contributed by atoms with Crippen LogP contribution in [0.1, 0.15) is 93.0 Å². The number of aliphatic hydroxyl groups is 9.